The highest BCUT2D eigenvalue weighted by Gasteiger charge is 2.14. The third-order valence-corrected chi connectivity index (χ3v) is 6.87. The van der Waals surface area contributed by atoms with Crippen LogP contribution in [-0.2, 0) is 23.0 Å². The van der Waals surface area contributed by atoms with Crippen LogP contribution in [0.3, 0.4) is 0 Å². The number of aromatic nitrogens is 1. The fraction of sp³-hybridized carbons (Fsp3) is 0.208. The maximum Gasteiger partial charge on any atom is 0.261 e. The maximum atomic E-state index is 13.3. The van der Waals surface area contributed by atoms with Crippen molar-refractivity contribution >= 4 is 38.3 Å². The molecule has 1 aromatic heterocycles. The summed E-state index contributed by atoms with van der Waals surface area (Å²) < 4.78 is 46.3. The Morgan fingerprint density at radius 1 is 1.09 bits per heavy atom. The SMILES string of the molecule is CN(CCCc1noc2cc(F)ccc12)Cc1cccc(NS(=O)(=O)c2ccc(Cl)cc2)c1. The summed E-state index contributed by atoms with van der Waals surface area (Å²) in [5, 5.41) is 5.37. The van der Waals surface area contributed by atoms with Crippen LogP contribution in [0, 0.1) is 5.82 Å². The van der Waals surface area contributed by atoms with E-state index in [2.05, 4.69) is 14.8 Å². The Kier molecular flexibility index (Phi) is 6.97. The predicted octanol–water partition coefficient (Wildman–Crippen LogP) is 5.49. The zero-order valence-electron chi connectivity index (χ0n) is 18.0. The van der Waals surface area contributed by atoms with Gasteiger partial charge in [-0.1, -0.05) is 28.9 Å². The molecule has 0 aliphatic carbocycles. The largest absolute Gasteiger partial charge is 0.356 e. The van der Waals surface area contributed by atoms with Gasteiger partial charge < -0.3 is 9.42 Å². The summed E-state index contributed by atoms with van der Waals surface area (Å²) in [6.07, 6.45) is 1.56. The van der Waals surface area contributed by atoms with Crippen LogP contribution in [0.5, 0.6) is 0 Å². The van der Waals surface area contributed by atoms with E-state index in [1.54, 1.807) is 24.3 Å². The van der Waals surface area contributed by atoms with Gasteiger partial charge in [0, 0.05) is 28.7 Å². The van der Waals surface area contributed by atoms with Crippen molar-refractivity contribution in [1.29, 1.82) is 0 Å². The van der Waals surface area contributed by atoms with Crippen molar-refractivity contribution in [2.24, 2.45) is 0 Å². The van der Waals surface area contributed by atoms with Crippen molar-refractivity contribution in [2.75, 3.05) is 18.3 Å². The zero-order chi connectivity index (χ0) is 23.4. The average molecular weight is 488 g/mol. The lowest BCUT2D eigenvalue weighted by molar-refractivity contribution is 0.320. The van der Waals surface area contributed by atoms with Gasteiger partial charge in [-0.05, 0) is 80.5 Å². The Morgan fingerprint density at radius 2 is 1.88 bits per heavy atom. The van der Waals surface area contributed by atoms with E-state index in [0.29, 0.717) is 29.3 Å². The van der Waals surface area contributed by atoms with Gasteiger partial charge >= 0.3 is 0 Å². The van der Waals surface area contributed by atoms with Crippen LogP contribution in [0.25, 0.3) is 11.0 Å². The van der Waals surface area contributed by atoms with Crippen LogP contribution >= 0.6 is 11.6 Å². The van der Waals surface area contributed by atoms with Crippen LogP contribution in [-0.4, -0.2) is 32.1 Å². The number of nitrogens with zero attached hydrogens (tertiary/aromatic N) is 2. The number of nitrogens with one attached hydrogen (secondary N) is 1. The Balaban J connectivity index is 1.33. The average Bonchev–Trinajstić information content (AvgIpc) is 3.16. The molecule has 4 aromatic rings. The maximum absolute atomic E-state index is 13.3. The van der Waals surface area contributed by atoms with Gasteiger partial charge in [0.05, 0.1) is 10.6 Å². The molecule has 0 aliphatic heterocycles. The molecule has 0 atom stereocenters. The van der Waals surface area contributed by atoms with Gasteiger partial charge in [-0.2, -0.15) is 0 Å². The van der Waals surface area contributed by atoms with Gasteiger partial charge in [0.25, 0.3) is 10.0 Å². The van der Waals surface area contributed by atoms with Crippen LogP contribution in [0.1, 0.15) is 17.7 Å². The minimum atomic E-state index is -3.70. The van der Waals surface area contributed by atoms with Crippen molar-refractivity contribution in [2.45, 2.75) is 24.3 Å². The monoisotopic (exact) mass is 487 g/mol. The Hall–Kier alpha value is -2.94. The molecule has 0 saturated heterocycles. The van der Waals surface area contributed by atoms with E-state index in [1.165, 1.54) is 24.3 Å². The number of fused-ring (bicyclic) bond motifs is 1. The standard InChI is InChI=1S/C24H23ClFN3O3S/c1-29(13-3-6-23-22-12-9-19(26)15-24(22)32-27-23)16-17-4-2-5-20(14-17)28-33(30,31)21-10-7-18(25)8-11-21/h2,4-5,7-12,14-15,28H,3,6,13,16H2,1H3. The summed E-state index contributed by atoms with van der Waals surface area (Å²) in [4.78, 5) is 2.30. The molecule has 172 valence electrons. The summed E-state index contributed by atoms with van der Waals surface area (Å²) in [5.74, 6) is -0.345. The van der Waals surface area contributed by atoms with E-state index in [1.807, 2.05) is 25.2 Å². The molecule has 9 heteroatoms. The molecule has 0 aliphatic rings. The molecule has 0 fully saturated rings. The van der Waals surface area contributed by atoms with Crippen LogP contribution in [0.4, 0.5) is 10.1 Å². The minimum absolute atomic E-state index is 0.150. The first-order valence-electron chi connectivity index (χ1n) is 10.4. The van der Waals surface area contributed by atoms with E-state index in [-0.39, 0.29) is 10.7 Å². The van der Waals surface area contributed by atoms with Crippen molar-refractivity contribution in [3.8, 4) is 0 Å². The summed E-state index contributed by atoms with van der Waals surface area (Å²) in [7, 11) is -1.70. The first-order valence-corrected chi connectivity index (χ1v) is 12.3. The smallest absolute Gasteiger partial charge is 0.261 e. The molecule has 0 radical (unpaired) electrons. The normalized spacial score (nSPS) is 11.9. The Morgan fingerprint density at radius 3 is 2.67 bits per heavy atom. The van der Waals surface area contributed by atoms with Gasteiger partial charge in [0.15, 0.2) is 5.58 Å². The van der Waals surface area contributed by atoms with Crippen molar-refractivity contribution in [1.82, 2.24) is 10.1 Å². The second kappa shape index (κ2) is 9.91. The summed E-state index contributed by atoms with van der Waals surface area (Å²) in [6, 6.07) is 17.8. The van der Waals surface area contributed by atoms with Gasteiger partial charge in [-0.15, -0.1) is 0 Å². The highest BCUT2D eigenvalue weighted by molar-refractivity contribution is 7.92. The summed E-state index contributed by atoms with van der Waals surface area (Å²) in [6.45, 7) is 1.46. The first kappa shape index (κ1) is 23.2. The molecule has 0 unspecified atom stereocenters. The van der Waals surface area contributed by atoms with Crippen molar-refractivity contribution < 1.29 is 17.3 Å². The Labute approximate surface area is 197 Å². The van der Waals surface area contributed by atoms with Crippen LogP contribution in [0.2, 0.25) is 5.02 Å². The van der Waals surface area contributed by atoms with Crippen molar-refractivity contribution in [3.63, 3.8) is 0 Å². The lowest BCUT2D eigenvalue weighted by Gasteiger charge is -2.17. The number of aryl methyl sites for hydroxylation is 1. The molecule has 0 saturated carbocycles. The molecule has 1 N–H and O–H groups in total. The molecule has 0 spiro atoms. The molecule has 0 bridgehead atoms. The van der Waals surface area contributed by atoms with Crippen LogP contribution in [0.15, 0.2) is 76.1 Å². The second-order valence-corrected chi connectivity index (χ2v) is 9.99. The minimum Gasteiger partial charge on any atom is -0.356 e. The van der Waals surface area contributed by atoms with Gasteiger partial charge in [0.2, 0.25) is 0 Å². The number of benzene rings is 3. The lowest BCUT2D eigenvalue weighted by atomic mass is 10.1. The summed E-state index contributed by atoms with van der Waals surface area (Å²) in [5.41, 5.74) is 2.75. The molecule has 0 amide bonds. The number of halogens is 2. The molecular formula is C24H23ClFN3O3S. The number of sulfonamides is 1. The van der Waals surface area contributed by atoms with Gasteiger partial charge in [-0.25, -0.2) is 12.8 Å². The zero-order valence-corrected chi connectivity index (χ0v) is 19.5. The number of anilines is 1. The number of rotatable bonds is 9. The van der Waals surface area contributed by atoms with Crippen molar-refractivity contribution in [3.05, 3.63) is 88.8 Å². The van der Waals surface area contributed by atoms with Crippen LogP contribution < -0.4 is 4.72 Å². The lowest BCUT2D eigenvalue weighted by Crippen LogP contribution is -2.20. The second-order valence-electron chi connectivity index (χ2n) is 7.87. The number of hydrogen-bond donors (Lipinski definition) is 1. The quantitative estimate of drug-likeness (QED) is 0.338. The van der Waals surface area contributed by atoms with Gasteiger partial charge in [-0.3, -0.25) is 4.72 Å². The van der Waals surface area contributed by atoms with E-state index in [9.17, 15) is 12.8 Å². The molecule has 6 nitrogen and oxygen atoms in total. The molecule has 3 aromatic carbocycles. The topological polar surface area (TPSA) is 75.4 Å². The molecule has 4 rings (SSSR count). The highest BCUT2D eigenvalue weighted by atomic mass is 35.5. The summed E-state index contributed by atoms with van der Waals surface area (Å²) >= 11 is 5.85. The number of hydrogen-bond acceptors (Lipinski definition) is 5. The van der Waals surface area contributed by atoms with E-state index < -0.39 is 10.0 Å². The molecule has 1 heterocycles. The van der Waals surface area contributed by atoms with E-state index in [0.717, 1.165) is 29.6 Å². The highest BCUT2D eigenvalue weighted by Crippen LogP contribution is 2.22. The van der Waals surface area contributed by atoms with E-state index >= 15 is 0 Å². The van der Waals surface area contributed by atoms with Gasteiger partial charge in [0.1, 0.15) is 5.82 Å². The van der Waals surface area contributed by atoms with E-state index in [4.69, 9.17) is 16.1 Å². The first-order chi connectivity index (χ1) is 15.8. The molecular weight excluding hydrogens is 465 g/mol. The fourth-order valence-corrected chi connectivity index (χ4v) is 4.79. The fourth-order valence-electron chi connectivity index (χ4n) is 3.61. The molecule has 33 heavy (non-hydrogen) atoms. The third-order valence-electron chi connectivity index (χ3n) is 5.22. The third kappa shape index (κ3) is 5.90. The Bertz CT molecular complexity index is 1360. The predicted molar refractivity (Wildman–Crippen MR) is 127 cm³/mol.